The highest BCUT2D eigenvalue weighted by Gasteiger charge is 2.54. The van der Waals surface area contributed by atoms with Gasteiger partial charge in [-0.15, -0.1) is 0 Å². The number of nitrogens with two attached hydrogens (primary N) is 1. The lowest BCUT2D eigenvalue weighted by atomic mass is 9.56. The first-order valence-electron chi connectivity index (χ1n) is 5.66. The summed E-state index contributed by atoms with van der Waals surface area (Å²) >= 11 is 0. The van der Waals surface area contributed by atoms with E-state index in [9.17, 15) is 5.11 Å². The van der Waals surface area contributed by atoms with Crippen LogP contribution >= 0.6 is 0 Å². The summed E-state index contributed by atoms with van der Waals surface area (Å²) in [5, 5.41) is 10.7. The van der Waals surface area contributed by atoms with E-state index >= 15 is 0 Å². The molecule has 3 N–H and O–H groups in total. The molecule has 0 aromatic carbocycles. The van der Waals surface area contributed by atoms with Gasteiger partial charge in [-0.05, 0) is 19.8 Å². The molecule has 3 nitrogen and oxygen atoms in total. The normalized spacial score (nSPS) is 41.8. The van der Waals surface area contributed by atoms with E-state index in [0.29, 0.717) is 13.2 Å². The van der Waals surface area contributed by atoms with Crippen molar-refractivity contribution in [2.75, 3.05) is 13.2 Å². The van der Waals surface area contributed by atoms with E-state index in [2.05, 4.69) is 0 Å². The Morgan fingerprint density at radius 2 is 2.14 bits per heavy atom. The van der Waals surface area contributed by atoms with Crippen LogP contribution in [0.5, 0.6) is 0 Å². The molecule has 0 bridgehead atoms. The third-order valence-corrected chi connectivity index (χ3v) is 4.23. The van der Waals surface area contributed by atoms with E-state index in [1.807, 2.05) is 6.92 Å². The molecule has 1 saturated heterocycles. The van der Waals surface area contributed by atoms with Crippen LogP contribution in [0.3, 0.4) is 0 Å². The van der Waals surface area contributed by atoms with Crippen LogP contribution in [-0.2, 0) is 4.74 Å². The Morgan fingerprint density at radius 1 is 1.43 bits per heavy atom. The Hall–Kier alpha value is -0.120. The van der Waals surface area contributed by atoms with Crippen LogP contribution in [0.15, 0.2) is 0 Å². The molecule has 0 spiro atoms. The maximum atomic E-state index is 10.7. The second kappa shape index (κ2) is 3.47. The Balaban J connectivity index is 2.12. The van der Waals surface area contributed by atoms with Crippen molar-refractivity contribution in [2.45, 2.75) is 50.7 Å². The third kappa shape index (κ3) is 1.38. The van der Waals surface area contributed by atoms with E-state index < -0.39 is 5.60 Å². The first kappa shape index (κ1) is 10.4. The zero-order chi connectivity index (χ0) is 10.2. The van der Waals surface area contributed by atoms with Gasteiger partial charge in [0.2, 0.25) is 0 Å². The number of ether oxygens (including phenoxy) is 1. The van der Waals surface area contributed by atoms with Gasteiger partial charge in [0.05, 0.1) is 11.7 Å². The largest absolute Gasteiger partial charge is 0.389 e. The lowest BCUT2D eigenvalue weighted by Gasteiger charge is -2.55. The Kier molecular flexibility index (Phi) is 2.58. The van der Waals surface area contributed by atoms with Gasteiger partial charge in [-0.25, -0.2) is 0 Å². The van der Waals surface area contributed by atoms with Crippen molar-refractivity contribution in [2.24, 2.45) is 11.1 Å². The molecule has 0 radical (unpaired) electrons. The molecule has 2 atom stereocenters. The average Bonchev–Trinajstić information content (AvgIpc) is 2.01. The fourth-order valence-corrected chi connectivity index (χ4v) is 3.01. The van der Waals surface area contributed by atoms with Gasteiger partial charge in [0.25, 0.3) is 0 Å². The predicted molar refractivity (Wildman–Crippen MR) is 54.9 cm³/mol. The molecule has 1 aliphatic carbocycles. The van der Waals surface area contributed by atoms with Crippen LogP contribution in [0.2, 0.25) is 0 Å². The molecular formula is C11H21NO2. The zero-order valence-corrected chi connectivity index (χ0v) is 8.96. The van der Waals surface area contributed by atoms with Crippen molar-refractivity contribution in [3.8, 4) is 0 Å². The van der Waals surface area contributed by atoms with Crippen LogP contribution in [0, 0.1) is 5.41 Å². The van der Waals surface area contributed by atoms with Crippen molar-refractivity contribution in [3.63, 3.8) is 0 Å². The quantitative estimate of drug-likeness (QED) is 0.699. The minimum absolute atomic E-state index is 0.00500. The lowest BCUT2D eigenvalue weighted by Crippen LogP contribution is -2.59. The van der Waals surface area contributed by atoms with Gasteiger partial charge in [-0.1, -0.05) is 6.42 Å². The van der Waals surface area contributed by atoms with Gasteiger partial charge in [0.15, 0.2) is 0 Å². The predicted octanol–water partition coefficient (Wildman–Crippen LogP) is 1.05. The molecule has 0 aromatic heterocycles. The Labute approximate surface area is 85.6 Å². The highest BCUT2D eigenvalue weighted by molar-refractivity contribution is 5.06. The fourth-order valence-electron chi connectivity index (χ4n) is 3.01. The van der Waals surface area contributed by atoms with Gasteiger partial charge in [-0.2, -0.15) is 0 Å². The summed E-state index contributed by atoms with van der Waals surface area (Å²) in [6, 6.07) is 0. The lowest BCUT2D eigenvalue weighted by molar-refractivity contribution is -0.186. The molecule has 0 amide bonds. The summed E-state index contributed by atoms with van der Waals surface area (Å²) in [6.45, 7) is 3.34. The molecule has 2 unspecified atom stereocenters. The minimum atomic E-state index is -0.558. The van der Waals surface area contributed by atoms with Crippen molar-refractivity contribution in [1.29, 1.82) is 0 Å². The van der Waals surface area contributed by atoms with E-state index in [0.717, 1.165) is 25.7 Å². The summed E-state index contributed by atoms with van der Waals surface area (Å²) in [4.78, 5) is 0. The molecule has 2 fully saturated rings. The third-order valence-electron chi connectivity index (χ3n) is 4.23. The SMILES string of the molecule is CC1CC(O)(C2(CN)CCC2)CCO1. The summed E-state index contributed by atoms with van der Waals surface area (Å²) in [5.41, 5.74) is 5.28. The van der Waals surface area contributed by atoms with Crippen LogP contribution in [0.25, 0.3) is 0 Å². The summed E-state index contributed by atoms with van der Waals surface area (Å²) in [7, 11) is 0. The maximum Gasteiger partial charge on any atom is 0.0762 e. The van der Waals surface area contributed by atoms with Crippen molar-refractivity contribution >= 4 is 0 Å². The number of hydrogen-bond acceptors (Lipinski definition) is 3. The second-order valence-electron chi connectivity index (χ2n) is 5.01. The Morgan fingerprint density at radius 3 is 2.57 bits per heavy atom. The van der Waals surface area contributed by atoms with Gasteiger partial charge in [0, 0.05) is 31.4 Å². The smallest absolute Gasteiger partial charge is 0.0762 e. The summed E-state index contributed by atoms with van der Waals surface area (Å²) < 4.78 is 5.48. The molecule has 82 valence electrons. The van der Waals surface area contributed by atoms with Crippen LogP contribution in [-0.4, -0.2) is 30.0 Å². The maximum absolute atomic E-state index is 10.7. The highest BCUT2D eigenvalue weighted by Crippen LogP contribution is 2.52. The molecule has 0 aromatic rings. The van der Waals surface area contributed by atoms with E-state index in [1.54, 1.807) is 0 Å². The topological polar surface area (TPSA) is 55.5 Å². The molecule has 1 aliphatic heterocycles. The van der Waals surface area contributed by atoms with E-state index in [1.165, 1.54) is 6.42 Å². The highest BCUT2D eigenvalue weighted by atomic mass is 16.5. The van der Waals surface area contributed by atoms with E-state index in [4.69, 9.17) is 10.5 Å². The monoisotopic (exact) mass is 199 g/mol. The summed E-state index contributed by atoms with van der Waals surface area (Å²) in [5.74, 6) is 0. The number of hydrogen-bond donors (Lipinski definition) is 2. The van der Waals surface area contributed by atoms with Crippen LogP contribution in [0.4, 0.5) is 0 Å². The second-order valence-corrected chi connectivity index (χ2v) is 5.01. The minimum Gasteiger partial charge on any atom is -0.389 e. The number of rotatable bonds is 2. The first-order chi connectivity index (χ1) is 6.62. The van der Waals surface area contributed by atoms with Gasteiger partial charge in [0.1, 0.15) is 0 Å². The van der Waals surface area contributed by atoms with Crippen LogP contribution in [0.1, 0.15) is 39.0 Å². The molecule has 1 heterocycles. The van der Waals surface area contributed by atoms with Gasteiger partial charge >= 0.3 is 0 Å². The number of aliphatic hydroxyl groups is 1. The molecule has 2 aliphatic rings. The van der Waals surface area contributed by atoms with E-state index in [-0.39, 0.29) is 11.5 Å². The standard InChI is InChI=1S/C11H21NO2/c1-9-7-11(13,5-6-14-9)10(8-12)3-2-4-10/h9,13H,2-8,12H2,1H3. The fraction of sp³-hybridized carbons (Fsp3) is 1.00. The van der Waals surface area contributed by atoms with Crippen LogP contribution < -0.4 is 5.73 Å². The first-order valence-corrected chi connectivity index (χ1v) is 5.66. The summed E-state index contributed by atoms with van der Waals surface area (Å²) in [6.07, 6.45) is 5.09. The molecule has 2 rings (SSSR count). The van der Waals surface area contributed by atoms with Crippen molar-refractivity contribution < 1.29 is 9.84 Å². The van der Waals surface area contributed by atoms with Gasteiger partial charge < -0.3 is 15.6 Å². The molecule has 14 heavy (non-hydrogen) atoms. The molecule has 1 saturated carbocycles. The van der Waals surface area contributed by atoms with Crippen molar-refractivity contribution in [3.05, 3.63) is 0 Å². The molecular weight excluding hydrogens is 178 g/mol. The van der Waals surface area contributed by atoms with Gasteiger partial charge in [-0.3, -0.25) is 0 Å². The van der Waals surface area contributed by atoms with Crippen molar-refractivity contribution in [1.82, 2.24) is 0 Å². The zero-order valence-electron chi connectivity index (χ0n) is 8.96. The molecule has 3 heteroatoms. The average molecular weight is 199 g/mol. The Bertz CT molecular complexity index is 210.